The molecular formula is C14H13BrFNO3S. The molecule has 1 aromatic carbocycles. The molecule has 0 saturated carbocycles. The average Bonchev–Trinajstić information content (AvgIpc) is 2.78. The van der Waals surface area contributed by atoms with Gasteiger partial charge in [-0.05, 0) is 40.5 Å². The van der Waals surface area contributed by atoms with Crippen molar-refractivity contribution in [1.82, 2.24) is 4.90 Å². The number of rotatable bonds is 3. The summed E-state index contributed by atoms with van der Waals surface area (Å²) in [6.07, 6.45) is 5.62. The van der Waals surface area contributed by atoms with E-state index in [2.05, 4.69) is 21.9 Å². The van der Waals surface area contributed by atoms with Gasteiger partial charge in [0.05, 0.1) is 22.5 Å². The molecule has 1 saturated heterocycles. The molecule has 0 spiro atoms. The zero-order chi connectivity index (χ0) is 15.6. The molecule has 1 aliphatic rings. The highest BCUT2D eigenvalue weighted by atomic mass is 79.9. The molecule has 0 bridgehead atoms. The van der Waals surface area contributed by atoms with Gasteiger partial charge in [-0.1, -0.05) is 5.92 Å². The third-order valence-corrected chi connectivity index (χ3v) is 5.73. The van der Waals surface area contributed by atoms with E-state index in [4.69, 9.17) is 6.42 Å². The Bertz CT molecular complexity index is 711. The third-order valence-electron chi connectivity index (χ3n) is 3.34. The first kappa shape index (κ1) is 16.0. The largest absolute Gasteiger partial charge is 0.323 e. The number of halogens is 2. The molecule has 0 aromatic heterocycles. The average molecular weight is 374 g/mol. The maximum absolute atomic E-state index is 13.5. The van der Waals surface area contributed by atoms with Crippen LogP contribution in [0, 0.1) is 18.2 Å². The van der Waals surface area contributed by atoms with Gasteiger partial charge in [-0.2, -0.15) is 0 Å². The molecule has 0 N–H and O–H groups in total. The van der Waals surface area contributed by atoms with Gasteiger partial charge >= 0.3 is 0 Å². The lowest BCUT2D eigenvalue weighted by atomic mass is 10.1. The van der Waals surface area contributed by atoms with Gasteiger partial charge in [0.2, 0.25) is 0 Å². The van der Waals surface area contributed by atoms with E-state index in [0.717, 1.165) is 6.07 Å². The number of carbonyl (C=O) groups excluding carboxylic acids is 1. The first-order valence-corrected chi connectivity index (χ1v) is 8.85. The van der Waals surface area contributed by atoms with Crippen LogP contribution in [0.4, 0.5) is 4.39 Å². The summed E-state index contributed by atoms with van der Waals surface area (Å²) in [5.41, 5.74) is 0.148. The van der Waals surface area contributed by atoms with Crippen molar-refractivity contribution in [3.05, 3.63) is 34.1 Å². The Labute approximate surface area is 131 Å². The normalized spacial score (nSPS) is 20.0. The Morgan fingerprint density at radius 2 is 2.24 bits per heavy atom. The Kier molecular flexibility index (Phi) is 4.69. The van der Waals surface area contributed by atoms with Crippen molar-refractivity contribution in [3.8, 4) is 12.3 Å². The Balaban J connectivity index is 2.28. The molecule has 2 rings (SSSR count). The summed E-state index contributed by atoms with van der Waals surface area (Å²) in [6, 6.07) is 3.56. The van der Waals surface area contributed by atoms with E-state index >= 15 is 0 Å². The summed E-state index contributed by atoms with van der Waals surface area (Å²) in [4.78, 5) is 13.8. The lowest BCUT2D eigenvalue weighted by Crippen LogP contribution is -2.41. The quantitative estimate of drug-likeness (QED) is 0.759. The molecule has 0 aliphatic carbocycles. The third kappa shape index (κ3) is 3.63. The minimum absolute atomic E-state index is 0.00327. The second-order valence-electron chi connectivity index (χ2n) is 4.82. The number of hydrogen-bond donors (Lipinski definition) is 0. The Morgan fingerprint density at radius 3 is 2.76 bits per heavy atom. The summed E-state index contributed by atoms with van der Waals surface area (Å²) >= 11 is 3.02. The van der Waals surface area contributed by atoms with Crippen molar-refractivity contribution in [2.75, 3.05) is 18.1 Å². The molecule has 1 atom stereocenters. The minimum Gasteiger partial charge on any atom is -0.323 e. The molecule has 1 heterocycles. The lowest BCUT2D eigenvalue weighted by Gasteiger charge is -2.26. The first-order chi connectivity index (χ1) is 9.84. The Morgan fingerprint density at radius 1 is 1.52 bits per heavy atom. The van der Waals surface area contributed by atoms with Gasteiger partial charge in [0.1, 0.15) is 5.82 Å². The second kappa shape index (κ2) is 6.16. The summed E-state index contributed by atoms with van der Waals surface area (Å²) in [6.45, 7) is -0.00327. The molecule has 1 aliphatic heterocycles. The monoisotopic (exact) mass is 373 g/mol. The van der Waals surface area contributed by atoms with Gasteiger partial charge in [-0.3, -0.25) is 4.79 Å². The van der Waals surface area contributed by atoms with E-state index in [1.807, 2.05) is 0 Å². The molecule has 112 valence electrons. The minimum atomic E-state index is -3.13. The maximum atomic E-state index is 13.5. The second-order valence-corrected chi connectivity index (χ2v) is 7.91. The van der Waals surface area contributed by atoms with E-state index in [0.29, 0.717) is 6.42 Å². The van der Waals surface area contributed by atoms with Crippen LogP contribution in [0.2, 0.25) is 0 Å². The lowest BCUT2D eigenvalue weighted by molar-refractivity contribution is 0.0724. The van der Waals surface area contributed by atoms with Gasteiger partial charge in [0, 0.05) is 11.6 Å². The van der Waals surface area contributed by atoms with Crippen LogP contribution in [0.15, 0.2) is 22.7 Å². The van der Waals surface area contributed by atoms with Gasteiger partial charge in [0.25, 0.3) is 5.91 Å². The fourth-order valence-electron chi connectivity index (χ4n) is 2.28. The number of hydrogen-bond acceptors (Lipinski definition) is 3. The van der Waals surface area contributed by atoms with Crippen molar-refractivity contribution < 1.29 is 17.6 Å². The van der Waals surface area contributed by atoms with Crippen molar-refractivity contribution in [2.45, 2.75) is 12.5 Å². The van der Waals surface area contributed by atoms with Crippen LogP contribution >= 0.6 is 15.9 Å². The standard InChI is InChI=1S/C14H13BrFNO3S/c1-2-6-17(11-5-7-21(19,20)9-11)14(18)10-3-4-12(15)13(16)8-10/h1,3-4,8,11H,5-7,9H2. The van der Waals surface area contributed by atoms with Crippen molar-refractivity contribution in [1.29, 1.82) is 0 Å². The van der Waals surface area contributed by atoms with Crippen LogP contribution in [0.1, 0.15) is 16.8 Å². The number of amides is 1. The molecule has 1 unspecified atom stereocenters. The van der Waals surface area contributed by atoms with Crippen molar-refractivity contribution in [2.24, 2.45) is 0 Å². The number of benzene rings is 1. The number of terminal acetylenes is 1. The fourth-order valence-corrected chi connectivity index (χ4v) is 4.26. The van der Waals surface area contributed by atoms with Crippen LogP contribution in [0.3, 0.4) is 0 Å². The molecule has 7 heteroatoms. The van der Waals surface area contributed by atoms with E-state index < -0.39 is 27.6 Å². The number of carbonyl (C=O) groups is 1. The van der Waals surface area contributed by atoms with Gasteiger partial charge in [-0.15, -0.1) is 6.42 Å². The SMILES string of the molecule is C#CCN(C(=O)c1ccc(Br)c(F)c1)C1CCS(=O)(=O)C1. The summed E-state index contributed by atoms with van der Waals surface area (Å²) in [5, 5.41) is 0. The highest BCUT2D eigenvalue weighted by Crippen LogP contribution is 2.22. The smallest absolute Gasteiger partial charge is 0.255 e. The molecule has 0 radical (unpaired) electrons. The number of nitrogens with zero attached hydrogens (tertiary/aromatic N) is 1. The zero-order valence-electron chi connectivity index (χ0n) is 11.1. The van der Waals surface area contributed by atoms with Crippen LogP contribution < -0.4 is 0 Å². The van der Waals surface area contributed by atoms with Crippen molar-refractivity contribution >= 4 is 31.7 Å². The highest BCUT2D eigenvalue weighted by molar-refractivity contribution is 9.10. The molecule has 1 aromatic rings. The van der Waals surface area contributed by atoms with Crippen molar-refractivity contribution in [3.63, 3.8) is 0 Å². The molecule has 4 nitrogen and oxygen atoms in total. The summed E-state index contributed by atoms with van der Waals surface area (Å²) in [5.74, 6) is 1.29. The van der Waals surface area contributed by atoms with E-state index in [1.54, 1.807) is 0 Å². The van der Waals surface area contributed by atoms with E-state index in [1.165, 1.54) is 17.0 Å². The number of sulfone groups is 1. The fraction of sp³-hybridized carbons (Fsp3) is 0.357. The first-order valence-electron chi connectivity index (χ1n) is 6.24. The van der Waals surface area contributed by atoms with E-state index in [-0.39, 0.29) is 28.1 Å². The zero-order valence-corrected chi connectivity index (χ0v) is 13.5. The Hall–Kier alpha value is -1.39. The summed E-state index contributed by atoms with van der Waals surface area (Å²) < 4.78 is 36.9. The van der Waals surface area contributed by atoms with Crippen LogP contribution in [-0.2, 0) is 9.84 Å². The van der Waals surface area contributed by atoms with Crippen LogP contribution in [0.5, 0.6) is 0 Å². The predicted octanol–water partition coefficient (Wildman–Crippen LogP) is 1.85. The molecule has 1 fully saturated rings. The molecular weight excluding hydrogens is 361 g/mol. The predicted molar refractivity (Wildman–Crippen MR) is 81.0 cm³/mol. The van der Waals surface area contributed by atoms with Gasteiger partial charge in [-0.25, -0.2) is 12.8 Å². The van der Waals surface area contributed by atoms with Crippen LogP contribution in [0.25, 0.3) is 0 Å². The topological polar surface area (TPSA) is 54.5 Å². The highest BCUT2D eigenvalue weighted by Gasteiger charge is 2.34. The summed E-state index contributed by atoms with van der Waals surface area (Å²) in [7, 11) is -3.13. The molecule has 1 amide bonds. The van der Waals surface area contributed by atoms with Gasteiger partial charge in [0.15, 0.2) is 9.84 Å². The van der Waals surface area contributed by atoms with Gasteiger partial charge < -0.3 is 4.90 Å². The van der Waals surface area contributed by atoms with E-state index in [9.17, 15) is 17.6 Å². The van der Waals surface area contributed by atoms with Crippen LogP contribution in [-0.4, -0.2) is 43.3 Å². The maximum Gasteiger partial charge on any atom is 0.255 e. The molecule has 21 heavy (non-hydrogen) atoms.